The van der Waals surface area contributed by atoms with Crippen LogP contribution in [0.1, 0.15) is 66.4 Å². The van der Waals surface area contributed by atoms with Gasteiger partial charge in [0.15, 0.2) is 5.72 Å². The van der Waals surface area contributed by atoms with E-state index in [0.29, 0.717) is 18.5 Å². The van der Waals surface area contributed by atoms with Crippen molar-refractivity contribution in [3.8, 4) is 17.1 Å². The zero-order valence-electron chi connectivity index (χ0n) is 23.7. The van der Waals surface area contributed by atoms with Crippen LogP contribution in [0.3, 0.4) is 0 Å². The average Bonchev–Trinajstić information content (AvgIpc) is 2.94. The van der Waals surface area contributed by atoms with Crippen molar-refractivity contribution >= 4 is 21.9 Å². The first kappa shape index (κ1) is 27.7. The topological polar surface area (TPSA) is 114 Å². The van der Waals surface area contributed by atoms with Gasteiger partial charge in [-0.1, -0.05) is 43.5 Å². The van der Waals surface area contributed by atoms with Gasteiger partial charge in [-0.2, -0.15) is 4.98 Å². The monoisotopic (exact) mass is 575 g/mol. The van der Waals surface area contributed by atoms with Crippen LogP contribution in [0, 0.1) is 19.8 Å². The molecule has 6 rings (SSSR count). The lowest BCUT2D eigenvalue weighted by molar-refractivity contribution is -0.0276. The largest absolute Gasteiger partial charge is 0.451 e. The van der Waals surface area contributed by atoms with Crippen LogP contribution in [0.25, 0.3) is 11.3 Å². The Hall–Kier alpha value is -3.50. The summed E-state index contributed by atoms with van der Waals surface area (Å²) in [4.78, 5) is 25.1. The van der Waals surface area contributed by atoms with Gasteiger partial charge in [-0.05, 0) is 61.9 Å². The normalized spacial score (nSPS) is 20.7. The second-order valence-corrected chi connectivity index (χ2v) is 13.4. The molecule has 3 heterocycles. The summed E-state index contributed by atoms with van der Waals surface area (Å²) >= 11 is 0. The number of ether oxygens (including phenoxy) is 1. The molecule has 4 bridgehead atoms. The Labute approximate surface area is 241 Å². The third kappa shape index (κ3) is 5.94. The van der Waals surface area contributed by atoms with Crippen molar-refractivity contribution in [3.63, 3.8) is 0 Å². The van der Waals surface area contributed by atoms with Gasteiger partial charge >= 0.3 is 0 Å². The maximum Gasteiger partial charge on any atom is 0.264 e. The quantitative estimate of drug-likeness (QED) is 0.449. The fourth-order valence-electron chi connectivity index (χ4n) is 6.42. The van der Waals surface area contributed by atoms with Gasteiger partial charge in [0.1, 0.15) is 0 Å². The van der Waals surface area contributed by atoms with E-state index in [0.717, 1.165) is 42.2 Å². The first-order valence-electron chi connectivity index (χ1n) is 14.5. The fourth-order valence-corrected chi connectivity index (χ4v) is 7.41. The number of nitrogens with zero attached hydrogens (tertiary/aromatic N) is 3. The van der Waals surface area contributed by atoms with Gasteiger partial charge in [0, 0.05) is 49.7 Å². The molecule has 216 valence electrons. The zero-order valence-corrected chi connectivity index (χ0v) is 24.5. The summed E-state index contributed by atoms with van der Waals surface area (Å²) in [7, 11) is -4.06. The van der Waals surface area contributed by atoms with Crippen LogP contribution in [-0.2, 0) is 10.0 Å². The Balaban J connectivity index is 1.39. The van der Waals surface area contributed by atoms with Crippen molar-refractivity contribution in [2.24, 2.45) is 5.92 Å². The highest BCUT2D eigenvalue weighted by atomic mass is 32.2. The summed E-state index contributed by atoms with van der Waals surface area (Å²) in [5, 5.41) is 3.14. The Kier molecular flexibility index (Phi) is 7.46. The molecule has 0 unspecified atom stereocenters. The van der Waals surface area contributed by atoms with Crippen LogP contribution < -0.4 is 14.8 Å². The van der Waals surface area contributed by atoms with Crippen molar-refractivity contribution in [2.45, 2.75) is 69.4 Å². The molecule has 3 aliphatic rings. The minimum Gasteiger partial charge on any atom is -0.451 e. The Morgan fingerprint density at radius 1 is 0.976 bits per heavy atom. The molecule has 3 aromatic rings. The highest BCUT2D eigenvalue weighted by Crippen LogP contribution is 2.34. The molecule has 2 N–H and O–H groups in total. The molecule has 0 atom stereocenters. The molecule has 1 amide bonds. The molecule has 1 saturated carbocycles. The lowest BCUT2D eigenvalue weighted by atomic mass is 9.88. The zero-order chi connectivity index (χ0) is 28.6. The SMILES string of the molecule is Cc1cccc(C)c1-c1cc2nc(n1)NS(=O)(=O)c1cccc(c1)C(=O)NC1(CCN(CC3CCCCC3)CC1)O2. The van der Waals surface area contributed by atoms with E-state index in [1.165, 1.54) is 44.2 Å². The van der Waals surface area contributed by atoms with E-state index < -0.39 is 15.7 Å². The van der Waals surface area contributed by atoms with Crippen molar-refractivity contribution in [1.82, 2.24) is 20.2 Å². The van der Waals surface area contributed by atoms with Crippen LogP contribution in [0.15, 0.2) is 53.4 Å². The van der Waals surface area contributed by atoms with Gasteiger partial charge in [-0.25, -0.2) is 18.1 Å². The fraction of sp³-hybridized carbons (Fsp3) is 0.452. The lowest BCUT2D eigenvalue weighted by Gasteiger charge is -2.43. The first-order chi connectivity index (χ1) is 19.7. The van der Waals surface area contributed by atoms with E-state index >= 15 is 0 Å². The van der Waals surface area contributed by atoms with Crippen LogP contribution in [0.4, 0.5) is 5.95 Å². The number of hydrogen-bond donors (Lipinski definition) is 2. The van der Waals surface area contributed by atoms with Gasteiger partial charge in [-0.3, -0.25) is 4.79 Å². The van der Waals surface area contributed by atoms with E-state index in [1.54, 1.807) is 18.2 Å². The van der Waals surface area contributed by atoms with E-state index in [4.69, 9.17) is 4.74 Å². The lowest BCUT2D eigenvalue weighted by Crippen LogP contribution is -2.59. The summed E-state index contributed by atoms with van der Waals surface area (Å²) in [5.41, 5.74) is 2.67. The van der Waals surface area contributed by atoms with Crippen LogP contribution in [-0.4, -0.2) is 54.6 Å². The number of amides is 1. The number of likely N-dealkylation sites (tertiary alicyclic amines) is 1. The average molecular weight is 576 g/mol. The van der Waals surface area contributed by atoms with Gasteiger partial charge in [0.25, 0.3) is 15.9 Å². The number of carbonyl (C=O) groups is 1. The third-order valence-corrected chi connectivity index (χ3v) is 9.94. The van der Waals surface area contributed by atoms with Crippen molar-refractivity contribution in [2.75, 3.05) is 24.4 Å². The van der Waals surface area contributed by atoms with Gasteiger partial charge in [0.05, 0.1) is 10.6 Å². The maximum atomic E-state index is 13.5. The van der Waals surface area contributed by atoms with E-state index in [9.17, 15) is 13.2 Å². The number of hydrogen-bond acceptors (Lipinski definition) is 7. The van der Waals surface area contributed by atoms with Crippen molar-refractivity contribution < 1.29 is 17.9 Å². The van der Waals surface area contributed by atoms with Crippen molar-refractivity contribution in [3.05, 3.63) is 65.2 Å². The molecule has 1 aromatic heterocycles. The Morgan fingerprint density at radius 3 is 2.41 bits per heavy atom. The molecular formula is C31H37N5O4S. The molecule has 1 aliphatic carbocycles. The van der Waals surface area contributed by atoms with Crippen LogP contribution >= 0.6 is 0 Å². The summed E-state index contributed by atoms with van der Waals surface area (Å²) in [5.74, 6) is 0.472. The summed E-state index contributed by atoms with van der Waals surface area (Å²) in [6.07, 6.45) is 7.68. The number of sulfonamides is 1. The highest BCUT2D eigenvalue weighted by molar-refractivity contribution is 7.92. The Bertz CT molecular complexity index is 1540. The Morgan fingerprint density at radius 2 is 1.68 bits per heavy atom. The van der Waals surface area contributed by atoms with E-state index in [2.05, 4.69) is 24.9 Å². The summed E-state index contributed by atoms with van der Waals surface area (Å²) < 4.78 is 35.7. The number of carbonyl (C=O) groups excluding carboxylic acids is 1. The minimum absolute atomic E-state index is 0.0365. The predicted molar refractivity (Wildman–Crippen MR) is 157 cm³/mol. The molecule has 10 heteroatoms. The van der Waals surface area contributed by atoms with Gasteiger partial charge in [-0.15, -0.1) is 0 Å². The van der Waals surface area contributed by atoms with Crippen molar-refractivity contribution in [1.29, 1.82) is 0 Å². The minimum atomic E-state index is -4.06. The predicted octanol–water partition coefficient (Wildman–Crippen LogP) is 5.06. The molecule has 1 spiro atoms. The number of benzene rings is 2. The van der Waals surface area contributed by atoms with E-state index in [-0.39, 0.29) is 28.2 Å². The highest BCUT2D eigenvalue weighted by Gasteiger charge is 2.40. The molecule has 41 heavy (non-hydrogen) atoms. The molecule has 2 aliphatic heterocycles. The molecule has 0 radical (unpaired) electrons. The molecule has 2 aromatic carbocycles. The number of anilines is 1. The van der Waals surface area contributed by atoms with Gasteiger partial charge < -0.3 is 15.0 Å². The molecule has 1 saturated heterocycles. The number of fused-ring (bicyclic) bond motifs is 4. The van der Waals surface area contributed by atoms with E-state index in [1.807, 2.05) is 32.0 Å². The number of rotatable bonds is 3. The maximum absolute atomic E-state index is 13.5. The third-order valence-electron chi connectivity index (χ3n) is 8.62. The number of aromatic nitrogens is 2. The second kappa shape index (κ2) is 11.1. The van der Waals surface area contributed by atoms with Gasteiger partial charge in [0.2, 0.25) is 11.8 Å². The van der Waals surface area contributed by atoms with Crippen LogP contribution in [0.5, 0.6) is 5.88 Å². The smallest absolute Gasteiger partial charge is 0.264 e. The molecular weight excluding hydrogens is 538 g/mol. The molecule has 9 nitrogen and oxygen atoms in total. The second-order valence-electron chi connectivity index (χ2n) is 11.7. The number of aryl methyl sites for hydroxylation is 2. The standard InChI is InChI=1S/C31H37N5O4S/c1-21-8-6-9-22(2)28(21)26-19-27-33-30(32-26)35-41(38,39)25-13-7-12-24(18-25)29(37)34-31(40-27)14-16-36(17-15-31)20-23-10-4-3-5-11-23/h6-9,12-13,18-19,23H,3-5,10-11,14-17,20H2,1-2H3,(H,34,37)(H,32,33,35). The van der Waals surface area contributed by atoms with Crippen LogP contribution in [0.2, 0.25) is 0 Å². The molecule has 2 fully saturated rings. The summed E-state index contributed by atoms with van der Waals surface area (Å²) in [6, 6.07) is 13.7. The summed E-state index contributed by atoms with van der Waals surface area (Å²) in [6.45, 7) is 6.61. The first-order valence-corrected chi connectivity index (χ1v) is 16.0. The number of piperidine rings is 1. The number of nitrogens with one attached hydrogen (secondary N) is 2.